The lowest BCUT2D eigenvalue weighted by Crippen LogP contribution is -2.01. The largest absolute Gasteiger partial charge is 0.481 e. The van der Waals surface area contributed by atoms with Crippen LogP contribution in [0.5, 0.6) is 0 Å². The van der Waals surface area contributed by atoms with Crippen LogP contribution in [0.25, 0.3) is 44.4 Å². The molecule has 12 heteroatoms. The molecular weight excluding hydrogens is 568 g/mol. The summed E-state index contributed by atoms with van der Waals surface area (Å²) >= 11 is 0. The number of carboxylic acids is 4. The first-order valence-electron chi connectivity index (χ1n) is 13.7. The van der Waals surface area contributed by atoms with Crippen LogP contribution in [0, 0.1) is 13.8 Å². The number of aliphatic carboxylic acids is 4. The molecule has 2 aliphatic rings. The molecule has 5 heterocycles. The second kappa shape index (κ2) is 11.3. The number of nitrogens with one attached hydrogen (secondary N) is 2. The van der Waals surface area contributed by atoms with Crippen molar-refractivity contribution in [3.05, 3.63) is 69.3 Å². The highest BCUT2D eigenvalue weighted by Gasteiger charge is 2.24. The molecule has 6 N–H and O–H groups in total. The highest BCUT2D eigenvalue weighted by Crippen LogP contribution is 2.37. The van der Waals surface area contributed by atoms with E-state index < -0.39 is 23.9 Å². The first-order chi connectivity index (χ1) is 20.7. The van der Waals surface area contributed by atoms with E-state index in [0.29, 0.717) is 89.4 Å². The molecule has 3 aromatic heterocycles. The van der Waals surface area contributed by atoms with Gasteiger partial charge in [0.15, 0.2) is 0 Å². The summed E-state index contributed by atoms with van der Waals surface area (Å²) in [7, 11) is 0. The second-order valence-corrected chi connectivity index (χ2v) is 10.9. The minimum atomic E-state index is -1.06. The van der Waals surface area contributed by atoms with Crippen LogP contribution in [-0.4, -0.2) is 64.2 Å². The van der Waals surface area contributed by atoms with Gasteiger partial charge in [-0.2, -0.15) is 0 Å². The monoisotopic (exact) mass is 598 g/mol. The maximum atomic E-state index is 11.8. The molecule has 0 saturated carbocycles. The van der Waals surface area contributed by atoms with E-state index in [1.165, 1.54) is 0 Å². The fourth-order valence-corrected chi connectivity index (χ4v) is 5.72. The standard InChI is InChI=1S/C32H30N4O8/c1-13-17(5-29(37)38)25-11-26-19(7-31(41)42)15(3)23(35-26)10-24-16(4)20(8-32(43)44)28(36-24)12-27-18(6-30(39)40)14(2)22(34-27)9-21(13)33-25/h9-12,33-34H,5-8H2,1-4H3,(H,37,38)(H,39,40)(H,41,42)(H,43,44). The molecule has 0 saturated heterocycles. The average Bonchev–Trinajstić information content (AvgIpc) is 3.56. The smallest absolute Gasteiger partial charge is 0.307 e. The number of allylic oxidation sites excluding steroid dienone is 2. The molecule has 0 radical (unpaired) electrons. The van der Waals surface area contributed by atoms with E-state index in [0.717, 1.165) is 0 Å². The minimum absolute atomic E-state index is 0.298. The highest BCUT2D eigenvalue weighted by molar-refractivity contribution is 6.01. The lowest BCUT2D eigenvalue weighted by molar-refractivity contribution is -0.137. The molecule has 44 heavy (non-hydrogen) atoms. The van der Waals surface area contributed by atoms with Crippen molar-refractivity contribution in [2.75, 3.05) is 0 Å². The Morgan fingerprint density at radius 3 is 1.23 bits per heavy atom. The number of aromatic nitrogens is 4. The van der Waals surface area contributed by atoms with Crippen molar-refractivity contribution in [2.45, 2.75) is 53.4 Å². The fraction of sp³-hybridized carbons (Fsp3) is 0.250. The van der Waals surface area contributed by atoms with Gasteiger partial charge >= 0.3 is 23.9 Å². The zero-order chi connectivity index (χ0) is 32.0. The van der Waals surface area contributed by atoms with Crippen molar-refractivity contribution < 1.29 is 39.6 Å². The van der Waals surface area contributed by atoms with Gasteiger partial charge in [-0.15, -0.1) is 0 Å². The van der Waals surface area contributed by atoms with Gasteiger partial charge in [-0.05, 0) is 96.5 Å². The Hall–Kier alpha value is -5.52. The first-order valence-corrected chi connectivity index (χ1v) is 13.7. The van der Waals surface area contributed by atoms with Crippen LogP contribution in [0.3, 0.4) is 0 Å². The van der Waals surface area contributed by atoms with Crippen molar-refractivity contribution in [3.63, 3.8) is 0 Å². The molecule has 5 rings (SSSR count). The highest BCUT2D eigenvalue weighted by atomic mass is 16.4. The number of carboxylic acid groups (broad SMARTS) is 4. The van der Waals surface area contributed by atoms with E-state index in [9.17, 15) is 39.6 Å². The Morgan fingerprint density at radius 1 is 0.523 bits per heavy atom. The van der Waals surface area contributed by atoms with Gasteiger partial charge in [-0.1, -0.05) is 0 Å². The van der Waals surface area contributed by atoms with Crippen molar-refractivity contribution >= 4 is 68.2 Å². The van der Waals surface area contributed by atoms with Gasteiger partial charge in [0.05, 0.1) is 48.5 Å². The molecule has 0 atom stereocenters. The molecule has 0 spiro atoms. The average molecular weight is 599 g/mol. The van der Waals surface area contributed by atoms with E-state index in [4.69, 9.17) is 9.97 Å². The van der Waals surface area contributed by atoms with Crippen molar-refractivity contribution in [3.8, 4) is 0 Å². The van der Waals surface area contributed by atoms with Crippen LogP contribution < -0.4 is 0 Å². The van der Waals surface area contributed by atoms with Gasteiger partial charge in [0.1, 0.15) is 0 Å². The van der Waals surface area contributed by atoms with Crippen LogP contribution >= 0.6 is 0 Å². The molecule has 3 aromatic rings. The van der Waals surface area contributed by atoms with E-state index in [1.54, 1.807) is 52.0 Å². The number of rotatable bonds is 8. The third-order valence-corrected chi connectivity index (χ3v) is 8.11. The summed E-state index contributed by atoms with van der Waals surface area (Å²) in [5.74, 6) is -4.22. The number of nitrogens with zero attached hydrogens (tertiary/aromatic N) is 2. The maximum Gasteiger partial charge on any atom is 0.307 e. The molecule has 0 fully saturated rings. The summed E-state index contributed by atoms with van der Waals surface area (Å²) < 4.78 is 0. The minimum Gasteiger partial charge on any atom is -0.481 e. The predicted octanol–water partition coefficient (Wildman–Crippen LogP) is 5.00. The summed E-state index contributed by atoms with van der Waals surface area (Å²) in [4.78, 5) is 63.3. The normalized spacial score (nSPS) is 13.0. The topological polar surface area (TPSA) is 207 Å². The van der Waals surface area contributed by atoms with E-state index in [1.807, 2.05) is 0 Å². The molecule has 8 bridgehead atoms. The fourth-order valence-electron chi connectivity index (χ4n) is 5.72. The zero-order valence-electron chi connectivity index (χ0n) is 24.5. The van der Waals surface area contributed by atoms with Crippen molar-refractivity contribution in [2.24, 2.45) is 0 Å². The second-order valence-electron chi connectivity index (χ2n) is 10.9. The Bertz CT molecular complexity index is 1890. The molecule has 0 aromatic carbocycles. The van der Waals surface area contributed by atoms with Gasteiger partial charge in [0.25, 0.3) is 0 Å². The van der Waals surface area contributed by atoms with Gasteiger partial charge in [0, 0.05) is 22.1 Å². The number of H-pyrrole nitrogens is 2. The number of hydrogen-bond acceptors (Lipinski definition) is 6. The molecular formula is C32H30N4O8. The van der Waals surface area contributed by atoms with Crippen LogP contribution in [0.4, 0.5) is 0 Å². The first kappa shape index (κ1) is 30.0. The number of hydrogen-bond donors (Lipinski definition) is 6. The molecule has 226 valence electrons. The number of fused-ring (bicyclic) bond motifs is 8. The van der Waals surface area contributed by atoms with Crippen LogP contribution in [-0.2, 0) is 32.0 Å². The molecule has 2 aliphatic heterocycles. The van der Waals surface area contributed by atoms with Gasteiger partial charge in [0.2, 0.25) is 0 Å². The Labute approximate surface area is 250 Å². The Kier molecular flexibility index (Phi) is 7.68. The lowest BCUT2D eigenvalue weighted by Gasteiger charge is -2.02. The van der Waals surface area contributed by atoms with Crippen LogP contribution in [0.2, 0.25) is 0 Å². The molecule has 0 unspecified atom stereocenters. The van der Waals surface area contributed by atoms with E-state index >= 15 is 0 Å². The number of carbonyl (C=O) groups is 4. The van der Waals surface area contributed by atoms with Gasteiger partial charge in [-0.3, -0.25) is 19.2 Å². The Balaban J connectivity index is 1.99. The van der Waals surface area contributed by atoms with Crippen molar-refractivity contribution in [1.82, 2.24) is 19.9 Å². The third-order valence-electron chi connectivity index (χ3n) is 8.11. The Morgan fingerprint density at radius 2 is 0.886 bits per heavy atom. The number of aryl methyl sites for hydroxylation is 2. The summed E-state index contributed by atoms with van der Waals surface area (Å²) in [6, 6.07) is 6.71. The molecule has 0 aliphatic carbocycles. The zero-order valence-corrected chi connectivity index (χ0v) is 24.5. The SMILES string of the molecule is CC1=C(CC(=O)O)c2cc3[nH]c(cc4[nH]c(cc5nc(cc1n2)C(C)=C5CC(=O)O)c(CC(=O)O)c4C)c(C)c3CC(=O)O. The van der Waals surface area contributed by atoms with Crippen molar-refractivity contribution in [1.29, 1.82) is 0 Å². The van der Waals surface area contributed by atoms with E-state index in [2.05, 4.69) is 9.97 Å². The van der Waals surface area contributed by atoms with Gasteiger partial charge < -0.3 is 30.4 Å². The summed E-state index contributed by atoms with van der Waals surface area (Å²) in [5.41, 5.74) is 8.04. The van der Waals surface area contributed by atoms with Crippen LogP contribution in [0.1, 0.15) is 71.7 Å². The summed E-state index contributed by atoms with van der Waals surface area (Å²) in [6.45, 7) is 7.02. The van der Waals surface area contributed by atoms with Gasteiger partial charge in [-0.25, -0.2) is 9.97 Å². The lowest BCUT2D eigenvalue weighted by atomic mass is 10.0. The quantitative estimate of drug-likeness (QED) is 0.205. The summed E-state index contributed by atoms with van der Waals surface area (Å²) in [5, 5.41) is 38.7. The third kappa shape index (κ3) is 5.61. The molecule has 0 amide bonds. The molecule has 12 nitrogen and oxygen atoms in total. The predicted molar refractivity (Wildman–Crippen MR) is 163 cm³/mol. The van der Waals surface area contributed by atoms with E-state index in [-0.39, 0.29) is 25.7 Å². The maximum absolute atomic E-state index is 11.8. The van der Waals surface area contributed by atoms with Crippen LogP contribution in [0.15, 0.2) is 24.3 Å². The summed E-state index contributed by atoms with van der Waals surface area (Å²) in [6.07, 6.45) is -1.24. The number of aromatic amines is 2.